The Bertz CT molecular complexity index is 743. The third kappa shape index (κ3) is 6.66. The van der Waals surface area contributed by atoms with Gasteiger partial charge in [-0.15, -0.1) is 0 Å². The number of rotatable bonds is 10. The quantitative estimate of drug-likeness (QED) is 0.458. The summed E-state index contributed by atoms with van der Waals surface area (Å²) >= 11 is 0. The van der Waals surface area contributed by atoms with Crippen molar-refractivity contribution in [1.29, 1.82) is 0 Å². The SMILES string of the molecule is CO[NH2+]c1cnc(NCCc2ccc(C)cc2)nc1NCC1CCC(CN)CC1. The molecule has 0 radical (unpaired) electrons. The summed E-state index contributed by atoms with van der Waals surface area (Å²) in [5, 5.41) is 6.86. The van der Waals surface area contributed by atoms with Crippen molar-refractivity contribution in [3.8, 4) is 0 Å². The molecule has 7 heteroatoms. The van der Waals surface area contributed by atoms with Crippen LogP contribution in [-0.2, 0) is 11.3 Å². The van der Waals surface area contributed by atoms with E-state index in [2.05, 4.69) is 51.8 Å². The minimum atomic E-state index is 0.639. The normalized spacial score (nSPS) is 19.1. The van der Waals surface area contributed by atoms with Gasteiger partial charge in [0.05, 0.1) is 13.3 Å². The fraction of sp³-hybridized carbons (Fsp3) is 0.545. The van der Waals surface area contributed by atoms with E-state index in [9.17, 15) is 0 Å². The monoisotopic (exact) mass is 399 g/mol. The molecule has 0 spiro atoms. The van der Waals surface area contributed by atoms with E-state index in [4.69, 9.17) is 10.6 Å². The van der Waals surface area contributed by atoms with Gasteiger partial charge in [-0.1, -0.05) is 29.8 Å². The Morgan fingerprint density at radius 2 is 1.83 bits per heavy atom. The van der Waals surface area contributed by atoms with Crippen LogP contribution in [0.4, 0.5) is 17.5 Å². The molecule has 1 aromatic heterocycles. The van der Waals surface area contributed by atoms with Crippen molar-refractivity contribution in [1.82, 2.24) is 9.97 Å². The van der Waals surface area contributed by atoms with Gasteiger partial charge in [0.1, 0.15) is 0 Å². The van der Waals surface area contributed by atoms with Crippen molar-refractivity contribution >= 4 is 17.5 Å². The molecule has 6 N–H and O–H groups in total. The maximum Gasteiger partial charge on any atom is 0.225 e. The van der Waals surface area contributed by atoms with Crippen LogP contribution < -0.4 is 21.8 Å². The lowest BCUT2D eigenvalue weighted by atomic mass is 9.82. The average Bonchev–Trinajstić information content (AvgIpc) is 2.75. The minimum Gasteiger partial charge on any atom is -0.365 e. The number of quaternary nitrogens is 1. The second-order valence-electron chi connectivity index (χ2n) is 8.02. The number of hydrogen-bond donors (Lipinski definition) is 4. The zero-order valence-electron chi connectivity index (χ0n) is 17.7. The van der Waals surface area contributed by atoms with Gasteiger partial charge in [0, 0.05) is 13.1 Å². The lowest BCUT2D eigenvalue weighted by molar-refractivity contribution is -0.829. The van der Waals surface area contributed by atoms with E-state index in [1.54, 1.807) is 18.8 Å². The molecule has 1 saturated carbocycles. The average molecular weight is 400 g/mol. The maximum atomic E-state index is 5.81. The predicted octanol–water partition coefficient (Wildman–Crippen LogP) is 2.37. The first-order valence-electron chi connectivity index (χ1n) is 10.6. The highest BCUT2D eigenvalue weighted by atomic mass is 16.6. The van der Waals surface area contributed by atoms with Crippen molar-refractivity contribution in [2.75, 3.05) is 37.4 Å². The van der Waals surface area contributed by atoms with Gasteiger partial charge in [-0.05, 0) is 63.0 Å². The van der Waals surface area contributed by atoms with Gasteiger partial charge in [-0.2, -0.15) is 10.5 Å². The zero-order valence-corrected chi connectivity index (χ0v) is 17.7. The van der Waals surface area contributed by atoms with Gasteiger partial charge in [-0.3, -0.25) is 0 Å². The molecule has 3 rings (SSSR count). The van der Waals surface area contributed by atoms with E-state index in [0.717, 1.165) is 37.6 Å². The first-order valence-corrected chi connectivity index (χ1v) is 10.6. The Kier molecular flexibility index (Phi) is 8.22. The standard InChI is InChI=1S/C22H34N6O/c1-16-3-5-17(6-4-16)11-12-24-22-26-15-20(28-29-2)21(27-22)25-14-19-9-7-18(13-23)8-10-19/h3-6,15,18-19,28H,7-14,23H2,1-2H3,(H2,24,25,26,27)/p+1. The summed E-state index contributed by atoms with van der Waals surface area (Å²) in [5.41, 5.74) is 10.9. The summed E-state index contributed by atoms with van der Waals surface area (Å²) in [6.45, 7) is 4.63. The number of nitrogens with two attached hydrogens (primary N) is 2. The number of aryl methyl sites for hydroxylation is 1. The molecule has 1 aliphatic carbocycles. The van der Waals surface area contributed by atoms with E-state index in [-0.39, 0.29) is 0 Å². The van der Waals surface area contributed by atoms with E-state index in [0.29, 0.717) is 17.8 Å². The van der Waals surface area contributed by atoms with Crippen molar-refractivity contribution in [3.63, 3.8) is 0 Å². The summed E-state index contributed by atoms with van der Waals surface area (Å²) in [6.07, 6.45) is 7.65. The van der Waals surface area contributed by atoms with Crippen molar-refractivity contribution in [2.24, 2.45) is 17.6 Å². The van der Waals surface area contributed by atoms with Gasteiger partial charge in [0.15, 0.2) is 5.82 Å². The Morgan fingerprint density at radius 1 is 1.10 bits per heavy atom. The molecule has 0 amide bonds. The lowest BCUT2D eigenvalue weighted by Gasteiger charge is -2.27. The third-order valence-corrected chi connectivity index (χ3v) is 5.74. The molecule has 1 aliphatic rings. The largest absolute Gasteiger partial charge is 0.365 e. The molecule has 1 aromatic carbocycles. The van der Waals surface area contributed by atoms with Crippen LogP contribution in [0.15, 0.2) is 30.5 Å². The molecule has 1 fully saturated rings. The minimum absolute atomic E-state index is 0.639. The smallest absolute Gasteiger partial charge is 0.225 e. The molecule has 2 aromatic rings. The van der Waals surface area contributed by atoms with Gasteiger partial charge in [0.2, 0.25) is 11.6 Å². The van der Waals surface area contributed by atoms with E-state index < -0.39 is 0 Å². The molecule has 1 heterocycles. The Morgan fingerprint density at radius 3 is 2.52 bits per heavy atom. The Balaban J connectivity index is 1.54. The number of benzene rings is 1. The maximum absolute atomic E-state index is 5.81. The van der Waals surface area contributed by atoms with Gasteiger partial charge >= 0.3 is 0 Å². The van der Waals surface area contributed by atoms with Crippen LogP contribution in [0.2, 0.25) is 0 Å². The van der Waals surface area contributed by atoms with Gasteiger partial charge < -0.3 is 16.4 Å². The highest BCUT2D eigenvalue weighted by molar-refractivity contribution is 5.56. The molecule has 0 unspecified atom stereocenters. The fourth-order valence-corrected chi connectivity index (χ4v) is 3.82. The molecule has 0 saturated heterocycles. The van der Waals surface area contributed by atoms with Crippen molar-refractivity contribution in [3.05, 3.63) is 41.6 Å². The highest BCUT2D eigenvalue weighted by Crippen LogP contribution is 2.28. The first kappa shape index (κ1) is 21.5. The summed E-state index contributed by atoms with van der Waals surface area (Å²) < 4.78 is 0. The number of hydrogen-bond acceptors (Lipinski definition) is 6. The van der Waals surface area contributed by atoms with Crippen LogP contribution >= 0.6 is 0 Å². The summed E-state index contributed by atoms with van der Waals surface area (Å²) in [7, 11) is 1.64. The van der Waals surface area contributed by atoms with Crippen LogP contribution in [0.3, 0.4) is 0 Å². The van der Waals surface area contributed by atoms with Crippen molar-refractivity contribution in [2.45, 2.75) is 39.0 Å². The molecule has 0 aliphatic heterocycles. The second kappa shape index (κ2) is 11.1. The molecule has 0 bridgehead atoms. The van der Waals surface area contributed by atoms with Crippen LogP contribution in [-0.4, -0.2) is 36.7 Å². The molecule has 29 heavy (non-hydrogen) atoms. The Labute approximate surface area is 173 Å². The topological polar surface area (TPSA) is 102 Å². The predicted molar refractivity (Wildman–Crippen MR) is 117 cm³/mol. The number of aromatic nitrogens is 2. The summed E-state index contributed by atoms with van der Waals surface area (Å²) in [4.78, 5) is 14.3. The summed E-state index contributed by atoms with van der Waals surface area (Å²) in [5.74, 6) is 2.83. The van der Waals surface area contributed by atoms with E-state index in [1.807, 2.05) is 0 Å². The first-order chi connectivity index (χ1) is 14.2. The van der Waals surface area contributed by atoms with Crippen molar-refractivity contribution < 1.29 is 10.3 Å². The zero-order chi connectivity index (χ0) is 20.5. The van der Waals surface area contributed by atoms with E-state index in [1.165, 1.54) is 36.8 Å². The lowest BCUT2D eigenvalue weighted by Crippen LogP contribution is -2.76. The van der Waals surface area contributed by atoms with E-state index >= 15 is 0 Å². The van der Waals surface area contributed by atoms with Crippen LogP contribution in [0, 0.1) is 18.8 Å². The molecular weight excluding hydrogens is 364 g/mol. The Hall–Kier alpha value is -2.22. The van der Waals surface area contributed by atoms with Gasteiger partial charge in [0.25, 0.3) is 0 Å². The summed E-state index contributed by atoms with van der Waals surface area (Å²) in [6, 6.07) is 8.62. The number of nitrogens with one attached hydrogen (secondary N) is 2. The third-order valence-electron chi connectivity index (χ3n) is 5.74. The highest BCUT2D eigenvalue weighted by Gasteiger charge is 2.21. The number of anilines is 2. The molecule has 7 nitrogen and oxygen atoms in total. The van der Waals surface area contributed by atoms with Gasteiger partial charge in [-0.25, -0.2) is 9.82 Å². The second-order valence-corrected chi connectivity index (χ2v) is 8.02. The fourth-order valence-electron chi connectivity index (χ4n) is 3.82. The molecule has 0 atom stereocenters. The van der Waals surface area contributed by atoms with Crippen LogP contribution in [0.5, 0.6) is 0 Å². The van der Waals surface area contributed by atoms with Crippen LogP contribution in [0.1, 0.15) is 36.8 Å². The molecular formula is C22H35N6O+. The molecule has 158 valence electrons. The number of nitrogens with zero attached hydrogens (tertiary/aromatic N) is 2. The van der Waals surface area contributed by atoms with Crippen LogP contribution in [0.25, 0.3) is 0 Å².